The zero-order chi connectivity index (χ0) is 16.2. The molecule has 0 atom stereocenters. The third kappa shape index (κ3) is 3.17. The Morgan fingerprint density at radius 3 is 2.35 bits per heavy atom. The molecular formula is C20H19N3. The minimum Gasteiger partial charge on any atom is -0.240 e. The Morgan fingerprint density at radius 1 is 1.04 bits per heavy atom. The van der Waals surface area contributed by atoms with Crippen LogP contribution in [0.1, 0.15) is 30.9 Å². The Bertz CT molecular complexity index is 822. The van der Waals surface area contributed by atoms with Crippen LogP contribution < -0.4 is 0 Å². The fraction of sp³-hybridized carbons (Fsp3) is 0.200. The molecule has 23 heavy (non-hydrogen) atoms. The van der Waals surface area contributed by atoms with E-state index in [9.17, 15) is 0 Å². The largest absolute Gasteiger partial charge is 0.240 e. The Kier molecular flexibility index (Phi) is 4.25. The summed E-state index contributed by atoms with van der Waals surface area (Å²) in [6.45, 7) is 4.36. The highest BCUT2D eigenvalue weighted by Crippen LogP contribution is 2.26. The molecule has 0 saturated carbocycles. The lowest BCUT2D eigenvalue weighted by Crippen LogP contribution is -1.94. The molecule has 1 heterocycles. The molecule has 2 aromatic carbocycles. The Hall–Kier alpha value is -2.86. The smallest absolute Gasteiger partial charge is 0.0970 e. The van der Waals surface area contributed by atoms with E-state index in [0.717, 1.165) is 22.5 Å². The summed E-state index contributed by atoms with van der Waals surface area (Å²) in [5.74, 6) is 0.504. The van der Waals surface area contributed by atoms with Crippen LogP contribution in [0.3, 0.4) is 0 Å². The second-order valence-corrected chi connectivity index (χ2v) is 5.89. The van der Waals surface area contributed by atoms with E-state index in [0.29, 0.717) is 12.3 Å². The van der Waals surface area contributed by atoms with Gasteiger partial charge in [0, 0.05) is 17.3 Å². The van der Waals surface area contributed by atoms with Gasteiger partial charge in [-0.2, -0.15) is 10.4 Å². The van der Waals surface area contributed by atoms with Gasteiger partial charge in [-0.25, -0.2) is 4.68 Å². The van der Waals surface area contributed by atoms with Crippen molar-refractivity contribution in [3.05, 3.63) is 71.9 Å². The van der Waals surface area contributed by atoms with Crippen LogP contribution in [0.2, 0.25) is 0 Å². The maximum atomic E-state index is 9.10. The lowest BCUT2D eigenvalue weighted by atomic mass is 9.99. The number of hydrogen-bond acceptors (Lipinski definition) is 2. The molecule has 0 amide bonds. The monoisotopic (exact) mass is 301 g/mol. The Labute approximate surface area is 136 Å². The van der Waals surface area contributed by atoms with Gasteiger partial charge in [0.1, 0.15) is 0 Å². The van der Waals surface area contributed by atoms with E-state index in [4.69, 9.17) is 10.4 Å². The van der Waals surface area contributed by atoms with Gasteiger partial charge in [0.05, 0.1) is 23.9 Å². The van der Waals surface area contributed by atoms with Gasteiger partial charge in [-0.15, -0.1) is 0 Å². The van der Waals surface area contributed by atoms with E-state index in [1.807, 2.05) is 41.2 Å². The molecule has 0 spiro atoms. The standard InChI is InChI=1S/C20H19N3/c1-15(2)16-8-10-17(11-9-16)20-18(12-13-21)14-23(22-20)19-6-4-3-5-7-19/h3-11,14-15H,12H2,1-2H3. The van der Waals surface area contributed by atoms with Gasteiger partial charge in [-0.05, 0) is 23.6 Å². The van der Waals surface area contributed by atoms with Gasteiger partial charge in [0.25, 0.3) is 0 Å². The van der Waals surface area contributed by atoms with Crippen molar-refractivity contribution in [2.75, 3.05) is 0 Å². The molecule has 1 aromatic heterocycles. The summed E-state index contributed by atoms with van der Waals surface area (Å²) in [7, 11) is 0. The Balaban J connectivity index is 2.04. The van der Waals surface area contributed by atoms with Crippen molar-refractivity contribution in [1.82, 2.24) is 9.78 Å². The van der Waals surface area contributed by atoms with Gasteiger partial charge in [0.15, 0.2) is 0 Å². The average molecular weight is 301 g/mol. The minimum absolute atomic E-state index is 0.355. The molecule has 3 rings (SSSR count). The van der Waals surface area contributed by atoms with Crippen LogP contribution in [-0.2, 0) is 6.42 Å². The topological polar surface area (TPSA) is 41.6 Å². The summed E-state index contributed by atoms with van der Waals surface area (Å²) in [4.78, 5) is 0. The maximum Gasteiger partial charge on any atom is 0.0970 e. The van der Waals surface area contributed by atoms with Gasteiger partial charge < -0.3 is 0 Å². The SMILES string of the molecule is CC(C)c1ccc(-c2nn(-c3ccccc3)cc2CC#N)cc1. The minimum atomic E-state index is 0.355. The second-order valence-electron chi connectivity index (χ2n) is 5.89. The van der Waals surface area contributed by atoms with Crippen LogP contribution in [0.4, 0.5) is 0 Å². The first-order valence-electron chi connectivity index (χ1n) is 7.80. The molecule has 3 aromatic rings. The number of aromatic nitrogens is 2. The first kappa shape index (κ1) is 15.1. The summed E-state index contributed by atoms with van der Waals surface area (Å²) in [5.41, 5.74) is 5.18. The fourth-order valence-corrected chi connectivity index (χ4v) is 2.61. The third-order valence-corrected chi connectivity index (χ3v) is 3.93. The zero-order valence-electron chi connectivity index (χ0n) is 13.4. The number of para-hydroxylation sites is 1. The number of benzene rings is 2. The molecule has 0 aliphatic rings. The van der Waals surface area contributed by atoms with E-state index in [1.165, 1.54) is 5.56 Å². The molecule has 0 saturated heterocycles. The molecule has 3 heteroatoms. The van der Waals surface area contributed by atoms with E-state index in [1.54, 1.807) is 0 Å². The van der Waals surface area contributed by atoms with Crippen LogP contribution in [0.15, 0.2) is 60.8 Å². The molecule has 0 radical (unpaired) electrons. The highest BCUT2D eigenvalue weighted by Gasteiger charge is 2.12. The van der Waals surface area contributed by atoms with E-state index >= 15 is 0 Å². The van der Waals surface area contributed by atoms with Gasteiger partial charge in [-0.3, -0.25) is 0 Å². The first-order valence-corrected chi connectivity index (χ1v) is 7.80. The van der Waals surface area contributed by atoms with Gasteiger partial charge in [0.2, 0.25) is 0 Å². The van der Waals surface area contributed by atoms with Crippen molar-refractivity contribution in [2.24, 2.45) is 0 Å². The van der Waals surface area contributed by atoms with Crippen molar-refractivity contribution in [3.8, 4) is 23.0 Å². The lowest BCUT2D eigenvalue weighted by molar-refractivity contribution is 0.866. The van der Waals surface area contributed by atoms with E-state index in [-0.39, 0.29) is 0 Å². The molecule has 3 nitrogen and oxygen atoms in total. The van der Waals surface area contributed by atoms with Crippen LogP contribution in [-0.4, -0.2) is 9.78 Å². The van der Waals surface area contributed by atoms with E-state index in [2.05, 4.69) is 44.2 Å². The molecule has 0 fully saturated rings. The molecule has 114 valence electrons. The van der Waals surface area contributed by atoms with Crippen LogP contribution in [0, 0.1) is 11.3 Å². The highest BCUT2D eigenvalue weighted by atomic mass is 15.3. The summed E-state index contributed by atoms with van der Waals surface area (Å²) >= 11 is 0. The van der Waals surface area contributed by atoms with Crippen molar-refractivity contribution in [3.63, 3.8) is 0 Å². The van der Waals surface area contributed by atoms with Crippen molar-refractivity contribution >= 4 is 0 Å². The summed E-state index contributed by atoms with van der Waals surface area (Å²) in [6, 6.07) is 20.7. The molecule has 0 aliphatic carbocycles. The summed E-state index contributed by atoms with van der Waals surface area (Å²) in [5, 5.41) is 13.8. The van der Waals surface area contributed by atoms with Gasteiger partial charge in [-0.1, -0.05) is 56.3 Å². The molecule has 0 aliphatic heterocycles. The van der Waals surface area contributed by atoms with Crippen molar-refractivity contribution < 1.29 is 0 Å². The van der Waals surface area contributed by atoms with Crippen LogP contribution in [0.25, 0.3) is 16.9 Å². The Morgan fingerprint density at radius 2 is 1.74 bits per heavy atom. The first-order chi connectivity index (χ1) is 11.2. The zero-order valence-corrected chi connectivity index (χ0v) is 13.4. The average Bonchev–Trinajstić information content (AvgIpc) is 3.00. The predicted octanol–water partition coefficient (Wildman–Crippen LogP) is 4.73. The lowest BCUT2D eigenvalue weighted by Gasteiger charge is -2.06. The summed E-state index contributed by atoms with van der Waals surface area (Å²) < 4.78 is 1.85. The van der Waals surface area contributed by atoms with E-state index < -0.39 is 0 Å². The molecule has 0 bridgehead atoms. The number of nitriles is 1. The normalized spacial score (nSPS) is 10.7. The second kappa shape index (κ2) is 6.50. The van der Waals surface area contributed by atoms with Crippen LogP contribution in [0.5, 0.6) is 0 Å². The number of hydrogen-bond donors (Lipinski definition) is 0. The fourth-order valence-electron chi connectivity index (χ4n) is 2.61. The number of nitrogens with zero attached hydrogens (tertiary/aromatic N) is 3. The van der Waals surface area contributed by atoms with Crippen molar-refractivity contribution in [2.45, 2.75) is 26.2 Å². The quantitative estimate of drug-likeness (QED) is 0.699. The predicted molar refractivity (Wildman–Crippen MR) is 92.4 cm³/mol. The van der Waals surface area contributed by atoms with Crippen LogP contribution >= 0.6 is 0 Å². The van der Waals surface area contributed by atoms with Gasteiger partial charge >= 0.3 is 0 Å². The maximum absolute atomic E-state index is 9.10. The molecule has 0 unspecified atom stereocenters. The van der Waals surface area contributed by atoms with Crippen molar-refractivity contribution in [1.29, 1.82) is 5.26 Å². The molecular weight excluding hydrogens is 282 g/mol. The number of rotatable bonds is 4. The molecule has 0 N–H and O–H groups in total. The summed E-state index contributed by atoms with van der Waals surface area (Å²) in [6.07, 6.45) is 2.30. The highest BCUT2D eigenvalue weighted by molar-refractivity contribution is 5.64. The third-order valence-electron chi connectivity index (χ3n) is 3.93.